The van der Waals surface area contributed by atoms with Crippen LogP contribution in [0.2, 0.25) is 0 Å². The molecule has 2 fully saturated rings. The van der Waals surface area contributed by atoms with Gasteiger partial charge in [0.25, 0.3) is 0 Å². The lowest BCUT2D eigenvalue weighted by atomic mass is 9.55. The number of aryl methyl sites for hydroxylation is 1. The normalized spacial score (nSPS) is 27.2. The molecule has 2 saturated carbocycles. The first-order valence-electron chi connectivity index (χ1n) is 14.6. The van der Waals surface area contributed by atoms with Crippen LogP contribution in [0.3, 0.4) is 0 Å². The molecule has 224 valence electrons. The van der Waals surface area contributed by atoms with E-state index >= 15 is 0 Å². The lowest BCUT2D eigenvalue weighted by Crippen LogP contribution is -2.46. The van der Waals surface area contributed by atoms with Crippen LogP contribution >= 0.6 is 0 Å². The van der Waals surface area contributed by atoms with Crippen molar-refractivity contribution in [3.05, 3.63) is 101 Å². The van der Waals surface area contributed by atoms with Crippen molar-refractivity contribution in [2.75, 3.05) is 0 Å². The Bertz CT molecular complexity index is 1590. The molecule has 3 aromatic carbocycles. The van der Waals surface area contributed by atoms with Crippen LogP contribution in [0.1, 0.15) is 67.2 Å². The van der Waals surface area contributed by atoms with Gasteiger partial charge in [-0.05, 0) is 96.1 Å². The van der Waals surface area contributed by atoms with Crippen molar-refractivity contribution >= 4 is 20.6 Å². The van der Waals surface area contributed by atoms with Gasteiger partial charge in [-0.1, -0.05) is 73.7 Å². The number of benzene rings is 3. The van der Waals surface area contributed by atoms with Crippen molar-refractivity contribution < 1.29 is 25.2 Å². The van der Waals surface area contributed by atoms with E-state index in [2.05, 4.69) is 6.92 Å². The predicted molar refractivity (Wildman–Crippen MR) is 161 cm³/mol. The first-order chi connectivity index (χ1) is 20.0. The average Bonchev–Trinajstić information content (AvgIpc) is 3.28. The topological polar surface area (TPSA) is 116 Å². The van der Waals surface area contributed by atoms with Crippen LogP contribution in [-0.4, -0.2) is 27.2 Å². The van der Waals surface area contributed by atoms with Crippen LogP contribution in [0.5, 0.6) is 5.75 Å². The SMILES string of the molecule is C[C@]12CCC3c4ccc(OS(N)(=O)=O)cc4CCC3C1CC[C@H]2OS(=O)(=O)N(Cc1ccccc1)Cc1ccccc1. The molecule has 0 aliphatic heterocycles. The van der Waals surface area contributed by atoms with E-state index in [1.54, 1.807) is 12.1 Å². The third kappa shape index (κ3) is 6.01. The minimum absolute atomic E-state index is 0.240. The molecule has 0 radical (unpaired) electrons. The van der Waals surface area contributed by atoms with Gasteiger partial charge in [0.05, 0.1) is 6.10 Å². The molecule has 3 unspecified atom stereocenters. The van der Waals surface area contributed by atoms with Crippen molar-refractivity contribution in [3.63, 3.8) is 0 Å². The largest absolute Gasteiger partial charge is 0.380 e. The Hall–Kier alpha value is -2.76. The second-order valence-corrected chi connectivity index (χ2v) is 15.0. The van der Waals surface area contributed by atoms with Crippen molar-refractivity contribution in [1.82, 2.24) is 4.31 Å². The molecule has 8 nitrogen and oxygen atoms in total. The summed E-state index contributed by atoms with van der Waals surface area (Å²) in [6.07, 6.45) is 4.83. The smallest absolute Gasteiger partial charge is 0.371 e. The van der Waals surface area contributed by atoms with E-state index in [4.69, 9.17) is 13.5 Å². The second-order valence-electron chi connectivity index (χ2n) is 12.3. The number of hydrogen-bond donors (Lipinski definition) is 1. The number of hydrogen-bond acceptors (Lipinski definition) is 6. The van der Waals surface area contributed by atoms with E-state index in [1.165, 1.54) is 9.87 Å². The molecular weight excluding hydrogens is 572 g/mol. The molecule has 0 bridgehead atoms. The highest BCUT2D eigenvalue weighted by atomic mass is 32.2. The Morgan fingerprint density at radius 3 is 2.12 bits per heavy atom. The van der Waals surface area contributed by atoms with E-state index in [9.17, 15) is 16.8 Å². The Morgan fingerprint density at radius 1 is 0.857 bits per heavy atom. The van der Waals surface area contributed by atoms with E-state index in [0.717, 1.165) is 48.8 Å². The monoisotopic (exact) mass is 610 g/mol. The first-order valence-corrected chi connectivity index (χ1v) is 17.5. The van der Waals surface area contributed by atoms with Crippen molar-refractivity contribution in [1.29, 1.82) is 0 Å². The highest BCUT2D eigenvalue weighted by Gasteiger charge is 2.56. The summed E-state index contributed by atoms with van der Waals surface area (Å²) < 4.78 is 63.3. The Labute approximate surface area is 249 Å². The molecule has 6 rings (SSSR count). The Kier molecular flexibility index (Phi) is 7.95. The van der Waals surface area contributed by atoms with Crippen molar-refractivity contribution in [2.24, 2.45) is 22.4 Å². The number of fused-ring (bicyclic) bond motifs is 5. The average molecular weight is 611 g/mol. The van der Waals surface area contributed by atoms with Crippen molar-refractivity contribution in [2.45, 2.75) is 70.6 Å². The quantitative estimate of drug-likeness (QED) is 0.344. The van der Waals surface area contributed by atoms with Gasteiger partial charge in [0.15, 0.2) is 0 Å². The highest BCUT2D eigenvalue weighted by Crippen LogP contribution is 2.62. The Morgan fingerprint density at radius 2 is 1.50 bits per heavy atom. The predicted octanol–water partition coefficient (Wildman–Crippen LogP) is 5.46. The minimum Gasteiger partial charge on any atom is -0.371 e. The molecular formula is C32H38N2O6S2. The Balaban J connectivity index is 1.21. The fourth-order valence-electron chi connectivity index (χ4n) is 7.85. The molecule has 0 heterocycles. The standard InChI is InChI=1S/C32H38N2O6S2/c1-32-19-18-28-27-15-13-26(39-41(33,35)36)20-25(27)12-14-29(28)30(32)16-17-31(32)40-42(37,38)34(21-23-8-4-2-5-9-23)22-24-10-6-3-7-11-24/h2-11,13,15,20,28-31H,12,14,16-19,21-22H2,1H3,(H2,33,35,36)/t28?,29?,30?,31-,32+/m1/s1. The molecule has 0 saturated heterocycles. The van der Waals surface area contributed by atoms with Gasteiger partial charge in [-0.15, -0.1) is 0 Å². The first kappa shape index (κ1) is 29.3. The van der Waals surface area contributed by atoms with Gasteiger partial charge in [-0.25, -0.2) is 0 Å². The molecule has 3 aromatic rings. The fourth-order valence-corrected chi connectivity index (χ4v) is 9.57. The molecule has 0 aromatic heterocycles. The third-order valence-corrected chi connectivity index (χ3v) is 11.6. The second kappa shape index (κ2) is 11.4. The van der Waals surface area contributed by atoms with Crippen molar-refractivity contribution in [3.8, 4) is 5.75 Å². The summed E-state index contributed by atoms with van der Waals surface area (Å²) >= 11 is 0. The fraction of sp³-hybridized carbons (Fsp3) is 0.438. The minimum atomic E-state index is -4.08. The number of rotatable bonds is 9. The van der Waals surface area contributed by atoms with Gasteiger partial charge >= 0.3 is 20.6 Å². The van der Waals surface area contributed by atoms with Gasteiger partial charge in [0.2, 0.25) is 0 Å². The molecule has 2 N–H and O–H groups in total. The zero-order valence-electron chi connectivity index (χ0n) is 23.8. The maximum atomic E-state index is 13.9. The van der Waals surface area contributed by atoms with E-state index in [0.29, 0.717) is 24.2 Å². The van der Waals surface area contributed by atoms with Gasteiger partial charge in [0.1, 0.15) is 5.75 Å². The summed E-state index contributed by atoms with van der Waals surface area (Å²) in [5.41, 5.74) is 3.93. The third-order valence-electron chi connectivity index (χ3n) is 9.78. The van der Waals surface area contributed by atoms with Crippen LogP contribution in [0.15, 0.2) is 78.9 Å². The summed E-state index contributed by atoms with van der Waals surface area (Å²) in [5.74, 6) is 1.35. The van der Waals surface area contributed by atoms with E-state index in [-0.39, 0.29) is 30.4 Å². The molecule has 0 spiro atoms. The van der Waals surface area contributed by atoms with Gasteiger partial charge in [-0.2, -0.15) is 26.3 Å². The lowest BCUT2D eigenvalue weighted by molar-refractivity contribution is -0.0114. The summed E-state index contributed by atoms with van der Waals surface area (Å²) in [7, 11) is -8.10. The maximum absolute atomic E-state index is 13.9. The molecule has 3 aliphatic carbocycles. The highest BCUT2D eigenvalue weighted by molar-refractivity contribution is 7.84. The molecule has 42 heavy (non-hydrogen) atoms. The summed E-state index contributed by atoms with van der Waals surface area (Å²) in [4.78, 5) is 0. The number of nitrogens with two attached hydrogens (primary N) is 1. The summed E-state index contributed by atoms with van der Waals surface area (Å²) in [6, 6.07) is 24.7. The zero-order valence-corrected chi connectivity index (χ0v) is 25.4. The van der Waals surface area contributed by atoms with Crippen LogP contribution in [0.4, 0.5) is 0 Å². The summed E-state index contributed by atoms with van der Waals surface area (Å²) in [6.45, 7) is 2.70. The molecule has 10 heteroatoms. The molecule has 5 atom stereocenters. The molecule has 0 amide bonds. The maximum Gasteiger partial charge on any atom is 0.380 e. The van der Waals surface area contributed by atoms with E-state index < -0.39 is 20.6 Å². The lowest BCUT2D eigenvalue weighted by Gasteiger charge is -2.50. The van der Waals surface area contributed by atoms with Crippen LogP contribution < -0.4 is 9.32 Å². The summed E-state index contributed by atoms with van der Waals surface area (Å²) in [5, 5.41) is 5.07. The van der Waals surface area contributed by atoms with Crippen LogP contribution in [0, 0.1) is 17.3 Å². The van der Waals surface area contributed by atoms with Gasteiger partial charge in [0, 0.05) is 13.1 Å². The van der Waals surface area contributed by atoms with Gasteiger partial charge < -0.3 is 4.18 Å². The molecule has 3 aliphatic rings. The zero-order chi connectivity index (χ0) is 29.5. The van der Waals surface area contributed by atoms with Gasteiger partial charge in [-0.3, -0.25) is 4.18 Å². The van der Waals surface area contributed by atoms with Crippen LogP contribution in [0.25, 0.3) is 0 Å². The van der Waals surface area contributed by atoms with E-state index in [1.807, 2.05) is 66.7 Å². The van der Waals surface area contributed by atoms with Crippen LogP contribution in [-0.2, 0) is 44.3 Å². The number of nitrogens with zero attached hydrogens (tertiary/aromatic N) is 1.